The average Bonchev–Trinajstić information content (AvgIpc) is 2.73. The fourth-order valence-corrected chi connectivity index (χ4v) is 2.09. The van der Waals surface area contributed by atoms with Crippen LogP contribution in [0.4, 0.5) is 4.39 Å². The first kappa shape index (κ1) is 11.3. The van der Waals surface area contributed by atoms with Crippen molar-refractivity contribution >= 4 is 21.6 Å². The van der Waals surface area contributed by atoms with Gasteiger partial charge in [-0.2, -0.15) is 0 Å². The molecule has 0 aromatic carbocycles. The molecule has 0 amide bonds. The highest BCUT2D eigenvalue weighted by molar-refractivity contribution is 9.10. The lowest BCUT2D eigenvalue weighted by molar-refractivity contribution is 0.630. The summed E-state index contributed by atoms with van der Waals surface area (Å²) in [7, 11) is 0. The fourth-order valence-electron chi connectivity index (χ4n) is 1.72. The molecule has 4 nitrogen and oxygen atoms in total. The zero-order chi connectivity index (χ0) is 12.7. The summed E-state index contributed by atoms with van der Waals surface area (Å²) in [6, 6.07) is 1.43. The lowest BCUT2D eigenvalue weighted by Crippen LogP contribution is -1.93. The molecule has 6 heteroatoms. The van der Waals surface area contributed by atoms with Gasteiger partial charge in [0.05, 0.1) is 6.20 Å². The molecule has 0 saturated carbocycles. The molecule has 3 aromatic heterocycles. The van der Waals surface area contributed by atoms with E-state index < -0.39 is 0 Å². The van der Waals surface area contributed by atoms with Crippen LogP contribution in [0.2, 0.25) is 0 Å². The molecular formula is C12H8BrFN4. The van der Waals surface area contributed by atoms with E-state index in [2.05, 4.69) is 30.9 Å². The van der Waals surface area contributed by atoms with Crippen molar-refractivity contribution in [3.8, 4) is 11.1 Å². The van der Waals surface area contributed by atoms with Crippen molar-refractivity contribution in [2.45, 2.75) is 6.92 Å². The number of hydrogen-bond donors (Lipinski definition) is 0. The third-order valence-corrected chi connectivity index (χ3v) is 3.22. The second-order valence-electron chi connectivity index (χ2n) is 3.87. The lowest BCUT2D eigenvalue weighted by atomic mass is 10.1. The maximum absolute atomic E-state index is 13.9. The van der Waals surface area contributed by atoms with Crippen molar-refractivity contribution in [1.29, 1.82) is 0 Å². The maximum Gasteiger partial charge on any atom is 0.174 e. The fraction of sp³-hybridized carbons (Fsp3) is 0.0833. The summed E-state index contributed by atoms with van der Waals surface area (Å²) in [6.45, 7) is 1.81. The first-order valence-electron chi connectivity index (χ1n) is 5.26. The second-order valence-corrected chi connectivity index (χ2v) is 4.68. The minimum atomic E-state index is -0.376. The monoisotopic (exact) mass is 306 g/mol. The first-order valence-corrected chi connectivity index (χ1v) is 6.05. The number of halogens is 2. The van der Waals surface area contributed by atoms with Crippen molar-refractivity contribution in [3.05, 3.63) is 47.1 Å². The van der Waals surface area contributed by atoms with E-state index in [1.54, 1.807) is 36.1 Å². The molecule has 90 valence electrons. The Hall–Kier alpha value is -1.82. The van der Waals surface area contributed by atoms with Gasteiger partial charge in [0.1, 0.15) is 10.4 Å². The Kier molecular flexibility index (Phi) is 2.59. The Labute approximate surface area is 111 Å². The smallest absolute Gasteiger partial charge is 0.174 e. The van der Waals surface area contributed by atoms with Crippen LogP contribution in [0.25, 0.3) is 16.8 Å². The normalized spacial score (nSPS) is 11.1. The average molecular weight is 307 g/mol. The molecule has 0 spiro atoms. The van der Waals surface area contributed by atoms with Crippen molar-refractivity contribution in [3.63, 3.8) is 0 Å². The number of fused-ring (bicyclic) bond motifs is 1. The topological polar surface area (TPSA) is 43.1 Å². The molecule has 0 aliphatic heterocycles. The minimum absolute atomic E-state index is 0.290. The summed E-state index contributed by atoms with van der Waals surface area (Å²) >= 11 is 3.32. The summed E-state index contributed by atoms with van der Waals surface area (Å²) in [5, 5.41) is 0. The Morgan fingerprint density at radius 2 is 1.83 bits per heavy atom. The van der Waals surface area contributed by atoms with E-state index in [1.807, 2.05) is 0 Å². The van der Waals surface area contributed by atoms with E-state index in [0.717, 1.165) is 5.56 Å². The molecule has 3 rings (SSSR count). The summed E-state index contributed by atoms with van der Waals surface area (Å²) in [5.74, 6) is 0.308. The van der Waals surface area contributed by atoms with E-state index in [1.165, 1.54) is 6.07 Å². The van der Waals surface area contributed by atoms with Crippen LogP contribution in [-0.2, 0) is 0 Å². The van der Waals surface area contributed by atoms with Crippen LogP contribution in [0.1, 0.15) is 5.82 Å². The molecule has 18 heavy (non-hydrogen) atoms. The molecule has 0 N–H and O–H groups in total. The molecule has 0 radical (unpaired) electrons. The van der Waals surface area contributed by atoms with Crippen LogP contribution in [0.5, 0.6) is 0 Å². The van der Waals surface area contributed by atoms with Crippen LogP contribution in [0, 0.1) is 12.7 Å². The summed E-state index contributed by atoms with van der Waals surface area (Å²) in [4.78, 5) is 12.2. The second kappa shape index (κ2) is 4.13. The molecule has 0 fully saturated rings. The number of pyridine rings is 1. The van der Waals surface area contributed by atoms with Crippen LogP contribution < -0.4 is 0 Å². The van der Waals surface area contributed by atoms with E-state index >= 15 is 0 Å². The van der Waals surface area contributed by atoms with Gasteiger partial charge in [-0.15, -0.1) is 0 Å². The molecule has 0 atom stereocenters. The van der Waals surface area contributed by atoms with Crippen molar-refractivity contribution in [2.24, 2.45) is 0 Å². The quantitative estimate of drug-likeness (QED) is 0.694. The Morgan fingerprint density at radius 3 is 2.56 bits per heavy atom. The molecule has 0 bridgehead atoms. The van der Waals surface area contributed by atoms with Crippen molar-refractivity contribution in [2.75, 3.05) is 0 Å². The predicted octanol–water partition coefficient (Wildman–Crippen LogP) is 3.00. The van der Waals surface area contributed by atoms with Crippen molar-refractivity contribution in [1.82, 2.24) is 19.4 Å². The summed E-state index contributed by atoms with van der Waals surface area (Å²) in [5.41, 5.74) is 1.76. The van der Waals surface area contributed by atoms with Gasteiger partial charge >= 0.3 is 0 Å². The first-order chi connectivity index (χ1) is 8.65. The van der Waals surface area contributed by atoms with Gasteiger partial charge in [-0.05, 0) is 28.9 Å². The predicted molar refractivity (Wildman–Crippen MR) is 68.6 cm³/mol. The van der Waals surface area contributed by atoms with Crippen molar-refractivity contribution < 1.29 is 4.39 Å². The number of aryl methyl sites for hydroxylation is 1. The molecule has 3 heterocycles. The number of nitrogens with zero attached hydrogens (tertiary/aromatic N) is 4. The standard InChI is InChI=1S/C12H8BrFN4/c1-7-15-3-9(4-16-7)8-2-10(14)12-17-5-11(13)18(12)6-8/h2-6H,1H3. The number of hydrogen-bond acceptors (Lipinski definition) is 3. The highest BCUT2D eigenvalue weighted by atomic mass is 79.9. The number of imidazole rings is 1. The molecule has 0 aliphatic carbocycles. The van der Waals surface area contributed by atoms with Gasteiger partial charge in [0.2, 0.25) is 0 Å². The van der Waals surface area contributed by atoms with Crippen LogP contribution in [0.3, 0.4) is 0 Å². The van der Waals surface area contributed by atoms with Crippen LogP contribution in [0.15, 0.2) is 35.5 Å². The molecule has 0 saturated heterocycles. The van der Waals surface area contributed by atoms with Gasteiger partial charge in [0.25, 0.3) is 0 Å². The Morgan fingerprint density at radius 1 is 1.11 bits per heavy atom. The van der Waals surface area contributed by atoms with Gasteiger partial charge in [0, 0.05) is 29.7 Å². The number of rotatable bonds is 1. The maximum atomic E-state index is 13.9. The van der Waals surface area contributed by atoms with E-state index in [0.29, 0.717) is 21.6 Å². The van der Waals surface area contributed by atoms with E-state index in [9.17, 15) is 4.39 Å². The minimum Gasteiger partial charge on any atom is -0.291 e. The van der Waals surface area contributed by atoms with Gasteiger partial charge < -0.3 is 0 Å². The molecular weight excluding hydrogens is 299 g/mol. The lowest BCUT2D eigenvalue weighted by Gasteiger charge is -2.04. The van der Waals surface area contributed by atoms with Gasteiger partial charge in [-0.25, -0.2) is 19.3 Å². The van der Waals surface area contributed by atoms with Gasteiger partial charge in [0.15, 0.2) is 11.5 Å². The molecule has 3 aromatic rings. The van der Waals surface area contributed by atoms with Crippen LogP contribution in [-0.4, -0.2) is 19.4 Å². The van der Waals surface area contributed by atoms with E-state index in [4.69, 9.17) is 0 Å². The zero-order valence-corrected chi connectivity index (χ0v) is 11.0. The zero-order valence-electron chi connectivity index (χ0n) is 9.43. The highest BCUT2D eigenvalue weighted by Gasteiger charge is 2.09. The molecule has 0 aliphatic rings. The highest BCUT2D eigenvalue weighted by Crippen LogP contribution is 2.23. The van der Waals surface area contributed by atoms with Gasteiger partial charge in [-0.1, -0.05) is 0 Å². The summed E-state index contributed by atoms with van der Waals surface area (Å²) < 4.78 is 16.2. The van der Waals surface area contributed by atoms with Gasteiger partial charge in [-0.3, -0.25) is 4.40 Å². The largest absolute Gasteiger partial charge is 0.291 e. The van der Waals surface area contributed by atoms with Crippen LogP contribution >= 0.6 is 15.9 Å². The Bertz CT molecular complexity index is 721. The Balaban J connectivity index is 2.23. The number of aromatic nitrogens is 4. The molecule has 0 unspecified atom stereocenters. The SMILES string of the molecule is Cc1ncc(-c2cc(F)c3ncc(Br)n3c2)cn1. The van der Waals surface area contributed by atoms with E-state index in [-0.39, 0.29) is 5.82 Å². The third kappa shape index (κ3) is 1.78. The third-order valence-electron chi connectivity index (χ3n) is 2.63. The summed E-state index contributed by atoms with van der Waals surface area (Å²) in [6.07, 6.45) is 6.71.